The van der Waals surface area contributed by atoms with Gasteiger partial charge in [-0.3, -0.25) is 9.59 Å². The first kappa shape index (κ1) is 29.8. The molecule has 0 spiro atoms. The molecule has 0 fully saturated rings. The standard InChI is InChI=1S/C30H37N3O5S/c1-19-17-22(12-14-25(19)34)26(27(35)31-23-13-11-20-9-7-8-10-21(20)18-23)33(5)28(36)24(15-16-39-6)32-29(37)38-30(2,3)4/h7-14,17-18,24,26,34H,15-16H2,1-6H3,(H,31,35)(H,32,37). The number of anilines is 1. The van der Waals surface area contributed by atoms with Crippen molar-refractivity contribution in [2.45, 2.75) is 51.8 Å². The lowest BCUT2D eigenvalue weighted by atomic mass is 10.0. The number of alkyl carbamates (subject to hydrolysis) is 1. The van der Waals surface area contributed by atoms with Crippen molar-refractivity contribution in [3.05, 3.63) is 71.8 Å². The maximum atomic E-state index is 13.8. The Morgan fingerprint density at radius 3 is 2.36 bits per heavy atom. The van der Waals surface area contributed by atoms with E-state index in [2.05, 4.69) is 10.6 Å². The molecule has 0 radical (unpaired) electrons. The number of phenols is 1. The summed E-state index contributed by atoms with van der Waals surface area (Å²) < 4.78 is 5.38. The van der Waals surface area contributed by atoms with E-state index in [1.54, 1.807) is 51.6 Å². The first-order valence-electron chi connectivity index (χ1n) is 12.7. The number of nitrogens with zero attached hydrogens (tertiary/aromatic N) is 1. The van der Waals surface area contributed by atoms with Crippen molar-refractivity contribution >= 4 is 46.1 Å². The number of carbonyl (C=O) groups excluding carboxylic acids is 3. The Morgan fingerprint density at radius 2 is 1.72 bits per heavy atom. The molecule has 0 aliphatic rings. The molecule has 39 heavy (non-hydrogen) atoms. The van der Waals surface area contributed by atoms with Crippen molar-refractivity contribution in [1.29, 1.82) is 0 Å². The largest absolute Gasteiger partial charge is 0.508 e. The molecule has 2 atom stereocenters. The average Bonchev–Trinajstić information content (AvgIpc) is 2.87. The molecular weight excluding hydrogens is 514 g/mol. The second-order valence-corrected chi connectivity index (χ2v) is 11.4. The molecule has 8 nitrogen and oxygen atoms in total. The number of rotatable bonds is 9. The van der Waals surface area contributed by atoms with E-state index < -0.39 is 35.6 Å². The molecule has 0 aliphatic carbocycles. The van der Waals surface area contributed by atoms with Gasteiger partial charge in [-0.25, -0.2) is 4.79 Å². The van der Waals surface area contributed by atoms with Crippen LogP contribution in [-0.2, 0) is 14.3 Å². The molecule has 3 N–H and O–H groups in total. The van der Waals surface area contributed by atoms with Gasteiger partial charge >= 0.3 is 6.09 Å². The van der Waals surface area contributed by atoms with E-state index >= 15 is 0 Å². The summed E-state index contributed by atoms with van der Waals surface area (Å²) in [7, 11) is 1.54. The predicted octanol–water partition coefficient (Wildman–Crippen LogP) is 5.64. The van der Waals surface area contributed by atoms with Gasteiger partial charge in [0.15, 0.2) is 0 Å². The number of hydrogen-bond acceptors (Lipinski definition) is 6. The molecule has 3 aromatic rings. The summed E-state index contributed by atoms with van der Waals surface area (Å²) in [6.07, 6.45) is 1.57. The van der Waals surface area contributed by atoms with Gasteiger partial charge in [-0.15, -0.1) is 0 Å². The minimum atomic E-state index is -1.03. The highest BCUT2D eigenvalue weighted by atomic mass is 32.2. The topological polar surface area (TPSA) is 108 Å². The number of nitrogens with one attached hydrogen (secondary N) is 2. The maximum absolute atomic E-state index is 13.8. The van der Waals surface area contributed by atoms with E-state index in [1.807, 2.05) is 48.7 Å². The Bertz CT molecular complexity index is 1340. The number of ether oxygens (including phenoxy) is 1. The van der Waals surface area contributed by atoms with Gasteiger partial charge in [-0.05, 0) is 92.3 Å². The Hall–Kier alpha value is -3.72. The summed E-state index contributed by atoms with van der Waals surface area (Å²) in [5.41, 5.74) is 0.962. The third kappa shape index (κ3) is 8.13. The van der Waals surface area contributed by atoms with E-state index in [0.717, 1.165) is 10.8 Å². The first-order chi connectivity index (χ1) is 18.4. The smallest absolute Gasteiger partial charge is 0.408 e. The van der Waals surface area contributed by atoms with Gasteiger partial charge in [-0.1, -0.05) is 36.4 Å². The highest BCUT2D eigenvalue weighted by Gasteiger charge is 2.34. The lowest BCUT2D eigenvalue weighted by Crippen LogP contribution is -2.51. The lowest BCUT2D eigenvalue weighted by molar-refractivity contribution is -0.139. The fraction of sp³-hybridized carbons (Fsp3) is 0.367. The van der Waals surface area contributed by atoms with Crippen LogP contribution in [0.3, 0.4) is 0 Å². The number of likely N-dealkylation sites (N-methyl/N-ethyl adjacent to an activating group) is 1. The van der Waals surface area contributed by atoms with Crippen molar-refractivity contribution in [2.75, 3.05) is 24.4 Å². The van der Waals surface area contributed by atoms with Crippen molar-refractivity contribution < 1.29 is 24.2 Å². The highest BCUT2D eigenvalue weighted by Crippen LogP contribution is 2.28. The summed E-state index contributed by atoms with van der Waals surface area (Å²) in [6.45, 7) is 6.97. The van der Waals surface area contributed by atoms with Gasteiger partial charge in [0, 0.05) is 12.7 Å². The maximum Gasteiger partial charge on any atom is 0.408 e. The molecule has 3 amide bonds. The quantitative estimate of drug-likeness (QED) is 0.318. The van der Waals surface area contributed by atoms with Crippen LogP contribution in [0.5, 0.6) is 5.75 Å². The fourth-order valence-corrected chi connectivity index (χ4v) is 4.66. The van der Waals surface area contributed by atoms with Crippen LogP contribution in [0, 0.1) is 6.92 Å². The summed E-state index contributed by atoms with van der Waals surface area (Å²) in [4.78, 5) is 41.4. The molecule has 2 unspecified atom stereocenters. The van der Waals surface area contributed by atoms with Gasteiger partial charge in [0.2, 0.25) is 5.91 Å². The first-order valence-corrected chi connectivity index (χ1v) is 14.1. The number of phenolic OH excluding ortho intramolecular Hbond substituents is 1. The number of amides is 3. The number of carbonyl (C=O) groups is 3. The second-order valence-electron chi connectivity index (χ2n) is 10.4. The molecule has 208 valence electrons. The SMILES string of the molecule is CSCCC(NC(=O)OC(C)(C)C)C(=O)N(C)C(C(=O)Nc1ccc2ccccc2c1)c1ccc(O)c(C)c1. The van der Waals surface area contributed by atoms with E-state index in [1.165, 1.54) is 18.0 Å². The van der Waals surface area contributed by atoms with Gasteiger partial charge in [0.25, 0.3) is 5.91 Å². The molecule has 0 saturated carbocycles. The van der Waals surface area contributed by atoms with Crippen LogP contribution in [0.4, 0.5) is 10.5 Å². The van der Waals surface area contributed by atoms with Crippen LogP contribution in [-0.4, -0.2) is 58.6 Å². The Labute approximate surface area is 234 Å². The van der Waals surface area contributed by atoms with Crippen LogP contribution in [0.1, 0.15) is 44.4 Å². The number of aromatic hydroxyl groups is 1. The Morgan fingerprint density at radius 1 is 1.03 bits per heavy atom. The van der Waals surface area contributed by atoms with Crippen molar-refractivity contribution in [1.82, 2.24) is 10.2 Å². The predicted molar refractivity (Wildman–Crippen MR) is 157 cm³/mol. The van der Waals surface area contributed by atoms with Crippen molar-refractivity contribution in [3.63, 3.8) is 0 Å². The van der Waals surface area contributed by atoms with Crippen molar-refractivity contribution in [3.8, 4) is 5.75 Å². The fourth-order valence-electron chi connectivity index (χ4n) is 4.19. The molecule has 0 saturated heterocycles. The average molecular weight is 552 g/mol. The minimum Gasteiger partial charge on any atom is -0.508 e. The summed E-state index contributed by atoms with van der Waals surface area (Å²) in [5.74, 6) is -0.149. The number of benzene rings is 3. The lowest BCUT2D eigenvalue weighted by Gasteiger charge is -2.32. The van der Waals surface area contributed by atoms with E-state index in [-0.39, 0.29) is 5.75 Å². The summed E-state index contributed by atoms with van der Waals surface area (Å²) in [5, 5.41) is 17.7. The zero-order valence-electron chi connectivity index (χ0n) is 23.3. The van der Waals surface area contributed by atoms with E-state index in [0.29, 0.717) is 29.0 Å². The van der Waals surface area contributed by atoms with E-state index in [4.69, 9.17) is 4.74 Å². The Kier molecular flexibility index (Phi) is 9.86. The number of aryl methyl sites for hydroxylation is 1. The van der Waals surface area contributed by atoms with Gasteiger partial charge in [0.1, 0.15) is 23.4 Å². The molecule has 9 heteroatoms. The Balaban J connectivity index is 1.93. The number of fused-ring (bicyclic) bond motifs is 1. The van der Waals surface area contributed by atoms with Crippen LogP contribution >= 0.6 is 11.8 Å². The summed E-state index contributed by atoms with van der Waals surface area (Å²) in [6, 6.07) is 16.3. The minimum absolute atomic E-state index is 0.0888. The molecule has 3 aromatic carbocycles. The normalized spacial score (nSPS) is 12.9. The molecule has 0 aromatic heterocycles. The zero-order valence-corrected chi connectivity index (χ0v) is 24.1. The van der Waals surface area contributed by atoms with Crippen LogP contribution in [0.15, 0.2) is 60.7 Å². The monoisotopic (exact) mass is 551 g/mol. The third-order valence-electron chi connectivity index (χ3n) is 6.14. The zero-order chi connectivity index (χ0) is 28.7. The highest BCUT2D eigenvalue weighted by molar-refractivity contribution is 7.98. The molecule has 0 heterocycles. The van der Waals surface area contributed by atoms with Crippen molar-refractivity contribution in [2.24, 2.45) is 0 Å². The summed E-state index contributed by atoms with van der Waals surface area (Å²) >= 11 is 1.55. The molecular formula is C30H37N3O5S. The second kappa shape index (κ2) is 12.9. The molecule has 0 aliphatic heterocycles. The van der Waals surface area contributed by atoms with Gasteiger partial charge in [0.05, 0.1) is 0 Å². The number of hydrogen-bond donors (Lipinski definition) is 3. The van der Waals surface area contributed by atoms with Gasteiger partial charge in [-0.2, -0.15) is 11.8 Å². The van der Waals surface area contributed by atoms with Crippen LogP contribution in [0.2, 0.25) is 0 Å². The van der Waals surface area contributed by atoms with Crippen LogP contribution in [0.25, 0.3) is 10.8 Å². The van der Waals surface area contributed by atoms with Gasteiger partial charge < -0.3 is 25.4 Å². The number of thioether (sulfide) groups is 1. The third-order valence-corrected chi connectivity index (χ3v) is 6.78. The van der Waals surface area contributed by atoms with E-state index in [9.17, 15) is 19.5 Å². The van der Waals surface area contributed by atoms with Crippen LogP contribution < -0.4 is 10.6 Å². The molecule has 3 rings (SSSR count). The molecule has 0 bridgehead atoms.